The fourth-order valence-electron chi connectivity index (χ4n) is 2.92. The SMILES string of the molecule is CC(C)Oc1cc2c(O[C@@H]3CCCNC3)ncc(Cl)c2cc1C(N)=O. The highest BCUT2D eigenvalue weighted by atomic mass is 35.5. The Morgan fingerprint density at radius 3 is 2.84 bits per heavy atom. The molecule has 3 N–H and O–H groups in total. The minimum absolute atomic E-state index is 0.0518. The summed E-state index contributed by atoms with van der Waals surface area (Å²) < 4.78 is 11.8. The summed E-state index contributed by atoms with van der Waals surface area (Å²) in [6.45, 7) is 5.55. The zero-order valence-electron chi connectivity index (χ0n) is 14.3. The number of rotatable bonds is 5. The first-order chi connectivity index (χ1) is 12.0. The molecule has 7 heteroatoms. The van der Waals surface area contributed by atoms with E-state index in [-0.39, 0.29) is 12.2 Å². The molecule has 0 saturated carbocycles. The summed E-state index contributed by atoms with van der Waals surface area (Å²) in [7, 11) is 0. The molecule has 25 heavy (non-hydrogen) atoms. The topological polar surface area (TPSA) is 86.5 Å². The van der Waals surface area contributed by atoms with Crippen molar-refractivity contribution in [3.63, 3.8) is 0 Å². The Labute approximate surface area is 151 Å². The van der Waals surface area contributed by atoms with Gasteiger partial charge >= 0.3 is 0 Å². The van der Waals surface area contributed by atoms with E-state index < -0.39 is 5.91 Å². The highest BCUT2D eigenvalue weighted by Gasteiger charge is 2.20. The number of primary amides is 1. The van der Waals surface area contributed by atoms with Gasteiger partial charge in [0.25, 0.3) is 5.91 Å². The van der Waals surface area contributed by atoms with E-state index in [9.17, 15) is 4.79 Å². The lowest BCUT2D eigenvalue weighted by Crippen LogP contribution is -2.37. The molecule has 1 fully saturated rings. The molecule has 0 bridgehead atoms. The van der Waals surface area contributed by atoms with Crippen LogP contribution in [0.5, 0.6) is 11.6 Å². The number of carbonyl (C=O) groups excluding carboxylic acids is 1. The van der Waals surface area contributed by atoms with E-state index in [1.807, 2.05) is 13.8 Å². The smallest absolute Gasteiger partial charge is 0.252 e. The van der Waals surface area contributed by atoms with Gasteiger partial charge in [0.05, 0.1) is 22.9 Å². The zero-order valence-corrected chi connectivity index (χ0v) is 15.1. The Kier molecular flexibility index (Phi) is 5.30. The standard InChI is InChI=1S/C18H22ClN3O3/c1-10(2)24-16-7-13-12(6-14(16)17(20)23)15(19)9-22-18(13)25-11-4-3-5-21-8-11/h6-7,9-11,21H,3-5,8H2,1-2H3,(H2,20,23)/t11-/m1/s1. The molecule has 1 saturated heterocycles. The minimum Gasteiger partial charge on any atom is -0.490 e. The molecule has 1 aromatic carbocycles. The monoisotopic (exact) mass is 363 g/mol. The number of nitrogens with one attached hydrogen (secondary N) is 1. The maximum Gasteiger partial charge on any atom is 0.252 e. The van der Waals surface area contributed by atoms with Gasteiger partial charge in [0.2, 0.25) is 5.88 Å². The highest BCUT2D eigenvalue weighted by molar-refractivity contribution is 6.35. The van der Waals surface area contributed by atoms with E-state index in [0.29, 0.717) is 33.0 Å². The first kappa shape index (κ1) is 17.8. The van der Waals surface area contributed by atoms with Crippen molar-refractivity contribution in [2.45, 2.75) is 38.9 Å². The van der Waals surface area contributed by atoms with Gasteiger partial charge in [0.15, 0.2) is 0 Å². The van der Waals surface area contributed by atoms with Crippen LogP contribution in [0, 0.1) is 0 Å². The number of piperidine rings is 1. The van der Waals surface area contributed by atoms with Gasteiger partial charge in [-0.1, -0.05) is 11.6 Å². The molecule has 134 valence electrons. The van der Waals surface area contributed by atoms with Crippen LogP contribution in [-0.2, 0) is 0 Å². The van der Waals surface area contributed by atoms with Crippen molar-refractivity contribution in [1.29, 1.82) is 0 Å². The Balaban J connectivity index is 2.08. The van der Waals surface area contributed by atoms with Crippen LogP contribution < -0.4 is 20.5 Å². The van der Waals surface area contributed by atoms with Gasteiger partial charge < -0.3 is 20.5 Å². The fourth-order valence-corrected chi connectivity index (χ4v) is 3.13. The van der Waals surface area contributed by atoms with E-state index in [1.165, 1.54) is 6.20 Å². The van der Waals surface area contributed by atoms with Gasteiger partial charge in [0, 0.05) is 17.3 Å². The maximum atomic E-state index is 11.8. The molecule has 0 radical (unpaired) electrons. The van der Waals surface area contributed by atoms with Crippen molar-refractivity contribution in [3.05, 3.63) is 28.9 Å². The van der Waals surface area contributed by atoms with Crippen molar-refractivity contribution in [3.8, 4) is 11.6 Å². The molecule has 0 aliphatic carbocycles. The number of ether oxygens (including phenoxy) is 2. The largest absolute Gasteiger partial charge is 0.490 e. The van der Waals surface area contributed by atoms with Crippen molar-refractivity contribution in [2.75, 3.05) is 13.1 Å². The number of nitrogens with zero attached hydrogens (tertiary/aromatic N) is 1. The van der Waals surface area contributed by atoms with Crippen LogP contribution in [0.1, 0.15) is 37.0 Å². The maximum absolute atomic E-state index is 11.8. The van der Waals surface area contributed by atoms with Gasteiger partial charge in [-0.25, -0.2) is 4.98 Å². The Morgan fingerprint density at radius 1 is 1.40 bits per heavy atom. The minimum atomic E-state index is -0.565. The Morgan fingerprint density at radius 2 is 2.20 bits per heavy atom. The second kappa shape index (κ2) is 7.45. The summed E-state index contributed by atoms with van der Waals surface area (Å²) in [6.07, 6.45) is 3.51. The number of aromatic nitrogens is 1. The van der Waals surface area contributed by atoms with Crippen molar-refractivity contribution in [1.82, 2.24) is 10.3 Å². The molecule has 1 aliphatic rings. The van der Waals surface area contributed by atoms with Crippen LogP contribution >= 0.6 is 11.6 Å². The molecule has 6 nitrogen and oxygen atoms in total. The number of pyridine rings is 1. The second-order valence-corrected chi connectivity index (χ2v) is 6.83. The van der Waals surface area contributed by atoms with Crippen LogP contribution in [0.3, 0.4) is 0 Å². The van der Waals surface area contributed by atoms with Crippen LogP contribution in [0.4, 0.5) is 0 Å². The summed E-state index contributed by atoms with van der Waals surface area (Å²) in [5.74, 6) is 0.327. The van der Waals surface area contributed by atoms with Crippen molar-refractivity contribution >= 4 is 28.3 Å². The van der Waals surface area contributed by atoms with E-state index in [2.05, 4.69) is 10.3 Å². The third-order valence-electron chi connectivity index (χ3n) is 4.06. The average molecular weight is 364 g/mol. The third kappa shape index (κ3) is 3.96. The summed E-state index contributed by atoms with van der Waals surface area (Å²) >= 11 is 6.28. The van der Waals surface area contributed by atoms with Gasteiger partial charge in [0.1, 0.15) is 11.9 Å². The molecule has 2 heterocycles. The number of fused-ring (bicyclic) bond motifs is 1. The zero-order chi connectivity index (χ0) is 18.0. The lowest BCUT2D eigenvalue weighted by Gasteiger charge is -2.24. The lowest BCUT2D eigenvalue weighted by molar-refractivity contribution is 0.0994. The first-order valence-corrected chi connectivity index (χ1v) is 8.79. The molecular weight excluding hydrogens is 342 g/mol. The lowest BCUT2D eigenvalue weighted by atomic mass is 10.1. The number of hydrogen-bond donors (Lipinski definition) is 2. The van der Waals surface area contributed by atoms with E-state index >= 15 is 0 Å². The number of amides is 1. The fraction of sp³-hybridized carbons (Fsp3) is 0.444. The van der Waals surface area contributed by atoms with E-state index in [0.717, 1.165) is 25.9 Å². The predicted molar refractivity (Wildman–Crippen MR) is 97.6 cm³/mol. The summed E-state index contributed by atoms with van der Waals surface area (Å²) in [4.78, 5) is 16.1. The first-order valence-electron chi connectivity index (χ1n) is 8.41. The van der Waals surface area contributed by atoms with Crippen LogP contribution in [0.2, 0.25) is 5.02 Å². The highest BCUT2D eigenvalue weighted by Crippen LogP contribution is 2.35. The van der Waals surface area contributed by atoms with E-state index in [1.54, 1.807) is 12.1 Å². The van der Waals surface area contributed by atoms with Gasteiger partial charge in [-0.05, 0) is 45.4 Å². The van der Waals surface area contributed by atoms with Gasteiger partial charge in [-0.2, -0.15) is 0 Å². The molecule has 1 atom stereocenters. The molecule has 2 aromatic rings. The Hall–Kier alpha value is -2.05. The molecular formula is C18H22ClN3O3. The van der Waals surface area contributed by atoms with Crippen molar-refractivity contribution in [2.24, 2.45) is 5.73 Å². The van der Waals surface area contributed by atoms with E-state index in [4.69, 9.17) is 26.8 Å². The van der Waals surface area contributed by atoms with Crippen LogP contribution in [0.25, 0.3) is 10.8 Å². The Bertz CT molecular complexity index is 789. The molecule has 0 unspecified atom stereocenters. The van der Waals surface area contributed by atoms with Crippen LogP contribution in [-0.4, -0.2) is 36.2 Å². The molecule has 1 aliphatic heterocycles. The number of carbonyl (C=O) groups is 1. The molecule has 1 aromatic heterocycles. The summed E-state index contributed by atoms with van der Waals surface area (Å²) in [5.41, 5.74) is 5.79. The second-order valence-electron chi connectivity index (χ2n) is 6.42. The van der Waals surface area contributed by atoms with Gasteiger partial charge in [-0.3, -0.25) is 4.79 Å². The van der Waals surface area contributed by atoms with Gasteiger partial charge in [-0.15, -0.1) is 0 Å². The number of hydrogen-bond acceptors (Lipinski definition) is 5. The molecule has 1 amide bonds. The third-order valence-corrected chi connectivity index (χ3v) is 4.36. The number of nitrogens with two attached hydrogens (primary N) is 1. The number of benzene rings is 1. The van der Waals surface area contributed by atoms with Crippen molar-refractivity contribution < 1.29 is 14.3 Å². The molecule has 0 spiro atoms. The normalized spacial score (nSPS) is 17.7. The summed E-state index contributed by atoms with van der Waals surface area (Å²) in [6, 6.07) is 3.38. The molecule has 3 rings (SSSR count). The summed E-state index contributed by atoms with van der Waals surface area (Å²) in [5, 5.41) is 5.12. The number of halogens is 1. The van der Waals surface area contributed by atoms with Crippen LogP contribution in [0.15, 0.2) is 18.3 Å². The average Bonchev–Trinajstić information content (AvgIpc) is 2.57. The quantitative estimate of drug-likeness (QED) is 0.853. The predicted octanol–water partition coefficient (Wildman–Crippen LogP) is 2.91.